The summed E-state index contributed by atoms with van der Waals surface area (Å²) in [5.41, 5.74) is 2.07. The number of esters is 1. The molecule has 0 spiro atoms. The van der Waals surface area contributed by atoms with Crippen LogP contribution in [0.3, 0.4) is 0 Å². The van der Waals surface area contributed by atoms with E-state index in [0.717, 1.165) is 38.0 Å². The molecule has 0 saturated carbocycles. The monoisotopic (exact) mass is 335 g/mol. The van der Waals surface area contributed by atoms with Gasteiger partial charge in [0.1, 0.15) is 12.4 Å². The fourth-order valence-corrected chi connectivity index (χ4v) is 3.66. The van der Waals surface area contributed by atoms with E-state index in [1.165, 1.54) is 6.33 Å². The van der Waals surface area contributed by atoms with Crippen LogP contribution in [0.2, 0.25) is 0 Å². The standard InChI is InChI=1S/C20H21N3O2/c24-20(25-19-13-23-10-7-16(19)8-11-23)18(15-4-2-1-3-5-15)12-17-6-9-21-14-22-17/h1-6,9,12,14,16,19H,7-8,10-11,13H2. The fraction of sp³-hybridized carbons (Fsp3) is 0.350. The number of nitrogens with zero attached hydrogens (tertiary/aromatic N) is 3. The Morgan fingerprint density at radius 1 is 1.16 bits per heavy atom. The Balaban J connectivity index is 1.59. The van der Waals surface area contributed by atoms with E-state index in [0.29, 0.717) is 17.2 Å². The normalized spacial score (nSPS) is 25.6. The summed E-state index contributed by atoms with van der Waals surface area (Å²) in [6, 6.07) is 11.4. The lowest BCUT2D eigenvalue weighted by molar-refractivity contribution is -0.151. The van der Waals surface area contributed by atoms with E-state index in [4.69, 9.17) is 4.74 Å². The minimum atomic E-state index is -0.274. The summed E-state index contributed by atoms with van der Waals surface area (Å²) in [6.45, 7) is 3.11. The molecule has 3 aliphatic heterocycles. The molecule has 0 radical (unpaired) electrons. The highest BCUT2D eigenvalue weighted by atomic mass is 16.5. The van der Waals surface area contributed by atoms with Crippen molar-refractivity contribution in [3.8, 4) is 0 Å². The van der Waals surface area contributed by atoms with Crippen LogP contribution in [0, 0.1) is 5.92 Å². The molecule has 3 fully saturated rings. The molecule has 4 heterocycles. The van der Waals surface area contributed by atoms with Gasteiger partial charge in [-0.05, 0) is 49.6 Å². The molecule has 5 heteroatoms. The summed E-state index contributed by atoms with van der Waals surface area (Å²) >= 11 is 0. The Kier molecular flexibility index (Phi) is 4.57. The average Bonchev–Trinajstić information content (AvgIpc) is 2.68. The van der Waals surface area contributed by atoms with Crippen molar-refractivity contribution in [2.45, 2.75) is 18.9 Å². The zero-order valence-corrected chi connectivity index (χ0v) is 14.0. The number of hydrogen-bond donors (Lipinski definition) is 0. The van der Waals surface area contributed by atoms with Crippen LogP contribution in [-0.2, 0) is 9.53 Å². The molecule has 1 atom stereocenters. The number of benzene rings is 1. The Morgan fingerprint density at radius 2 is 1.96 bits per heavy atom. The van der Waals surface area contributed by atoms with Gasteiger partial charge in [-0.1, -0.05) is 30.3 Å². The van der Waals surface area contributed by atoms with Crippen LogP contribution in [0.15, 0.2) is 48.9 Å². The van der Waals surface area contributed by atoms with Gasteiger partial charge >= 0.3 is 5.97 Å². The molecule has 3 saturated heterocycles. The lowest BCUT2D eigenvalue weighted by Gasteiger charge is -2.44. The number of carbonyl (C=O) groups is 1. The molecule has 3 aliphatic rings. The predicted molar refractivity (Wildman–Crippen MR) is 95.4 cm³/mol. The summed E-state index contributed by atoms with van der Waals surface area (Å²) in [4.78, 5) is 23.5. The number of hydrogen-bond acceptors (Lipinski definition) is 5. The smallest absolute Gasteiger partial charge is 0.339 e. The minimum Gasteiger partial charge on any atom is -0.457 e. The van der Waals surface area contributed by atoms with Crippen molar-refractivity contribution in [3.63, 3.8) is 0 Å². The number of piperidine rings is 3. The van der Waals surface area contributed by atoms with Gasteiger partial charge in [0.05, 0.1) is 11.3 Å². The number of aromatic nitrogens is 2. The van der Waals surface area contributed by atoms with Gasteiger partial charge in [0.2, 0.25) is 0 Å². The first kappa shape index (κ1) is 16.0. The van der Waals surface area contributed by atoms with Gasteiger partial charge in [0.25, 0.3) is 0 Å². The molecule has 25 heavy (non-hydrogen) atoms. The van der Waals surface area contributed by atoms with Crippen LogP contribution >= 0.6 is 0 Å². The summed E-state index contributed by atoms with van der Waals surface area (Å²) in [7, 11) is 0. The van der Waals surface area contributed by atoms with E-state index in [9.17, 15) is 4.79 Å². The first-order valence-electron chi connectivity index (χ1n) is 8.76. The van der Waals surface area contributed by atoms with Gasteiger partial charge in [-0.2, -0.15) is 0 Å². The van der Waals surface area contributed by atoms with Gasteiger partial charge in [-0.3, -0.25) is 4.90 Å². The second-order valence-corrected chi connectivity index (χ2v) is 6.64. The third-order valence-corrected chi connectivity index (χ3v) is 5.06. The molecule has 5 nitrogen and oxygen atoms in total. The van der Waals surface area contributed by atoms with Gasteiger partial charge in [-0.15, -0.1) is 0 Å². The van der Waals surface area contributed by atoms with Gasteiger partial charge in [0, 0.05) is 12.7 Å². The Bertz CT molecular complexity index is 753. The van der Waals surface area contributed by atoms with Crippen LogP contribution in [-0.4, -0.2) is 46.6 Å². The molecule has 1 aromatic carbocycles. The highest BCUT2D eigenvalue weighted by Gasteiger charge is 2.37. The number of ether oxygens (including phenoxy) is 1. The van der Waals surface area contributed by atoms with Crippen LogP contribution in [0.1, 0.15) is 24.1 Å². The van der Waals surface area contributed by atoms with Gasteiger partial charge in [-0.25, -0.2) is 14.8 Å². The van der Waals surface area contributed by atoms with E-state index in [1.807, 2.05) is 30.3 Å². The van der Waals surface area contributed by atoms with Crippen molar-refractivity contribution < 1.29 is 9.53 Å². The van der Waals surface area contributed by atoms with Crippen LogP contribution < -0.4 is 0 Å². The Morgan fingerprint density at radius 3 is 2.60 bits per heavy atom. The quantitative estimate of drug-likeness (QED) is 0.635. The molecule has 0 aliphatic carbocycles. The molecule has 2 bridgehead atoms. The number of fused-ring (bicyclic) bond motifs is 3. The zero-order valence-electron chi connectivity index (χ0n) is 14.0. The highest BCUT2D eigenvalue weighted by molar-refractivity contribution is 6.21. The second kappa shape index (κ2) is 7.15. The van der Waals surface area contributed by atoms with E-state index >= 15 is 0 Å². The topological polar surface area (TPSA) is 55.3 Å². The summed E-state index contributed by atoms with van der Waals surface area (Å²) in [6.07, 6.45) is 7.16. The molecular weight excluding hydrogens is 314 g/mol. The molecule has 0 amide bonds. The molecule has 128 valence electrons. The van der Waals surface area contributed by atoms with E-state index in [-0.39, 0.29) is 12.1 Å². The lowest BCUT2D eigenvalue weighted by Crippen LogP contribution is -2.52. The Hall–Kier alpha value is -2.53. The maximum absolute atomic E-state index is 12.9. The van der Waals surface area contributed by atoms with Crippen LogP contribution in [0.4, 0.5) is 0 Å². The molecule has 1 unspecified atom stereocenters. The Labute approximate surface area is 147 Å². The SMILES string of the molecule is O=C(OC1CN2CCC1CC2)C(=Cc1ccncn1)c1ccccc1. The molecule has 5 rings (SSSR count). The lowest BCUT2D eigenvalue weighted by atomic mass is 9.86. The zero-order chi connectivity index (χ0) is 17.1. The largest absolute Gasteiger partial charge is 0.457 e. The highest BCUT2D eigenvalue weighted by Crippen LogP contribution is 2.31. The molecule has 0 N–H and O–H groups in total. The maximum Gasteiger partial charge on any atom is 0.339 e. The van der Waals surface area contributed by atoms with E-state index in [2.05, 4.69) is 14.9 Å². The summed E-state index contributed by atoms with van der Waals surface area (Å²) in [5, 5.41) is 0. The van der Waals surface area contributed by atoms with Crippen molar-refractivity contribution >= 4 is 17.6 Å². The summed E-state index contributed by atoms with van der Waals surface area (Å²) < 4.78 is 5.92. The van der Waals surface area contributed by atoms with E-state index < -0.39 is 0 Å². The number of rotatable bonds is 4. The predicted octanol–water partition coefficient (Wildman–Crippen LogP) is 2.65. The van der Waals surface area contributed by atoms with Gasteiger partial charge in [0.15, 0.2) is 0 Å². The minimum absolute atomic E-state index is 0.00693. The van der Waals surface area contributed by atoms with Gasteiger partial charge < -0.3 is 4.74 Å². The van der Waals surface area contributed by atoms with Crippen LogP contribution in [0.5, 0.6) is 0 Å². The first-order chi connectivity index (χ1) is 12.3. The fourth-order valence-electron chi connectivity index (χ4n) is 3.66. The van der Waals surface area contributed by atoms with E-state index in [1.54, 1.807) is 18.3 Å². The third-order valence-electron chi connectivity index (χ3n) is 5.06. The van der Waals surface area contributed by atoms with Crippen molar-refractivity contribution in [3.05, 3.63) is 60.2 Å². The molecular formula is C20H21N3O2. The second-order valence-electron chi connectivity index (χ2n) is 6.64. The first-order valence-corrected chi connectivity index (χ1v) is 8.76. The maximum atomic E-state index is 12.9. The van der Waals surface area contributed by atoms with Crippen molar-refractivity contribution in [2.75, 3.05) is 19.6 Å². The summed E-state index contributed by atoms with van der Waals surface area (Å²) in [5.74, 6) is 0.216. The molecule has 1 aromatic heterocycles. The third kappa shape index (κ3) is 3.61. The van der Waals surface area contributed by atoms with Crippen molar-refractivity contribution in [2.24, 2.45) is 5.92 Å². The number of carbonyl (C=O) groups excluding carboxylic acids is 1. The molecule has 2 aromatic rings. The average molecular weight is 335 g/mol. The van der Waals surface area contributed by atoms with Crippen LogP contribution in [0.25, 0.3) is 11.6 Å². The van der Waals surface area contributed by atoms with Crippen molar-refractivity contribution in [1.29, 1.82) is 0 Å². The van der Waals surface area contributed by atoms with Crippen molar-refractivity contribution in [1.82, 2.24) is 14.9 Å².